The van der Waals surface area contributed by atoms with E-state index in [0.29, 0.717) is 33.8 Å². The quantitative estimate of drug-likeness (QED) is 0.840. The van der Waals surface area contributed by atoms with Crippen molar-refractivity contribution >= 4 is 34.8 Å². The lowest BCUT2D eigenvalue weighted by molar-refractivity contribution is 0.0947. The molecular weight excluding hydrogens is 297 g/mol. The number of nitrogens with two attached hydrogens (primary N) is 1. The van der Waals surface area contributed by atoms with Crippen molar-refractivity contribution in [2.75, 3.05) is 31.9 Å². The van der Waals surface area contributed by atoms with Gasteiger partial charge >= 0.3 is 0 Å². The predicted octanol–water partition coefficient (Wildman–Crippen LogP) is 2.65. The van der Waals surface area contributed by atoms with E-state index >= 15 is 0 Å². The number of likely N-dealkylation sites (tertiary alicyclic amines) is 1. The summed E-state index contributed by atoms with van der Waals surface area (Å²) in [5.74, 6) is 0.349. The van der Waals surface area contributed by atoms with Crippen molar-refractivity contribution in [3.05, 3.63) is 27.7 Å². The van der Waals surface area contributed by atoms with Crippen LogP contribution in [0.1, 0.15) is 23.7 Å². The molecule has 1 heterocycles. The van der Waals surface area contributed by atoms with E-state index in [9.17, 15) is 4.79 Å². The smallest absolute Gasteiger partial charge is 0.251 e. The van der Waals surface area contributed by atoms with Gasteiger partial charge in [-0.3, -0.25) is 4.79 Å². The topological polar surface area (TPSA) is 58.4 Å². The van der Waals surface area contributed by atoms with Crippen LogP contribution in [-0.4, -0.2) is 37.0 Å². The number of anilines is 1. The highest BCUT2D eigenvalue weighted by Gasteiger charge is 2.21. The summed E-state index contributed by atoms with van der Waals surface area (Å²) < 4.78 is 0. The number of halogens is 2. The van der Waals surface area contributed by atoms with Crippen molar-refractivity contribution in [2.24, 2.45) is 5.92 Å². The molecule has 6 heteroatoms. The number of benzene rings is 1. The largest absolute Gasteiger partial charge is 0.396 e. The summed E-state index contributed by atoms with van der Waals surface area (Å²) in [7, 11) is 0. The molecule has 0 spiro atoms. The molecule has 1 unspecified atom stereocenters. The number of carbonyl (C=O) groups is 1. The number of rotatable bonds is 4. The van der Waals surface area contributed by atoms with E-state index in [2.05, 4.69) is 17.1 Å². The minimum atomic E-state index is -0.163. The molecule has 0 radical (unpaired) electrons. The van der Waals surface area contributed by atoms with E-state index in [-0.39, 0.29) is 5.91 Å². The van der Waals surface area contributed by atoms with Crippen LogP contribution in [0.4, 0.5) is 5.69 Å². The standard InChI is InChI=1S/C14H19Cl2N3O/c1-2-19-4-3-9(8-19)7-18-14(20)10-5-11(15)13(17)12(16)6-10/h5-6,9H,2-4,7-8,17H2,1H3,(H,18,20). The zero-order valence-electron chi connectivity index (χ0n) is 11.5. The van der Waals surface area contributed by atoms with E-state index in [1.165, 1.54) is 0 Å². The zero-order chi connectivity index (χ0) is 14.7. The highest BCUT2D eigenvalue weighted by Crippen LogP contribution is 2.28. The second-order valence-corrected chi connectivity index (χ2v) is 5.93. The molecule has 1 aromatic carbocycles. The van der Waals surface area contributed by atoms with E-state index in [4.69, 9.17) is 28.9 Å². The molecule has 1 aliphatic rings. The van der Waals surface area contributed by atoms with Crippen LogP contribution in [0.5, 0.6) is 0 Å². The van der Waals surface area contributed by atoms with Crippen molar-refractivity contribution in [3.8, 4) is 0 Å². The Morgan fingerprint density at radius 2 is 2.10 bits per heavy atom. The van der Waals surface area contributed by atoms with Gasteiger partial charge in [-0.25, -0.2) is 0 Å². The lowest BCUT2D eigenvalue weighted by Crippen LogP contribution is -2.31. The molecule has 20 heavy (non-hydrogen) atoms. The van der Waals surface area contributed by atoms with Crippen LogP contribution in [0.2, 0.25) is 10.0 Å². The summed E-state index contributed by atoms with van der Waals surface area (Å²) in [6, 6.07) is 3.09. The van der Waals surface area contributed by atoms with E-state index < -0.39 is 0 Å². The fraction of sp³-hybridized carbons (Fsp3) is 0.500. The highest BCUT2D eigenvalue weighted by molar-refractivity contribution is 6.39. The van der Waals surface area contributed by atoms with Crippen LogP contribution in [0.15, 0.2) is 12.1 Å². The number of carbonyl (C=O) groups excluding carboxylic acids is 1. The summed E-state index contributed by atoms with van der Waals surface area (Å²) in [6.07, 6.45) is 1.12. The second-order valence-electron chi connectivity index (χ2n) is 5.11. The zero-order valence-corrected chi connectivity index (χ0v) is 13.0. The van der Waals surface area contributed by atoms with Gasteiger partial charge in [0.1, 0.15) is 0 Å². The Kier molecular flexibility index (Phi) is 5.13. The first-order chi connectivity index (χ1) is 9.51. The average Bonchev–Trinajstić information content (AvgIpc) is 2.89. The van der Waals surface area contributed by atoms with Crippen molar-refractivity contribution < 1.29 is 4.79 Å². The van der Waals surface area contributed by atoms with Gasteiger partial charge in [-0.15, -0.1) is 0 Å². The molecular formula is C14H19Cl2N3O. The SMILES string of the molecule is CCN1CCC(CNC(=O)c2cc(Cl)c(N)c(Cl)c2)C1. The summed E-state index contributed by atoms with van der Waals surface area (Å²) in [5.41, 5.74) is 6.40. The van der Waals surface area contributed by atoms with Crippen molar-refractivity contribution in [2.45, 2.75) is 13.3 Å². The van der Waals surface area contributed by atoms with Crippen molar-refractivity contribution in [1.82, 2.24) is 10.2 Å². The molecule has 0 bridgehead atoms. The van der Waals surface area contributed by atoms with Crippen LogP contribution in [0, 0.1) is 5.92 Å². The van der Waals surface area contributed by atoms with E-state index in [1.807, 2.05) is 0 Å². The molecule has 1 amide bonds. The number of hydrogen-bond acceptors (Lipinski definition) is 3. The molecule has 0 aliphatic carbocycles. The molecule has 0 saturated carbocycles. The first-order valence-corrected chi connectivity index (χ1v) is 7.52. The van der Waals surface area contributed by atoms with Gasteiger partial charge < -0.3 is 16.0 Å². The van der Waals surface area contributed by atoms with Crippen molar-refractivity contribution in [3.63, 3.8) is 0 Å². The van der Waals surface area contributed by atoms with Gasteiger partial charge in [0.05, 0.1) is 15.7 Å². The van der Waals surface area contributed by atoms with Gasteiger partial charge in [0.2, 0.25) is 0 Å². The third kappa shape index (κ3) is 3.57. The number of nitrogens with one attached hydrogen (secondary N) is 1. The Bertz CT molecular complexity index is 484. The minimum absolute atomic E-state index is 0.163. The Hall–Kier alpha value is -0.970. The van der Waals surface area contributed by atoms with Crippen LogP contribution < -0.4 is 11.1 Å². The van der Waals surface area contributed by atoms with Crippen LogP contribution in [0.25, 0.3) is 0 Å². The molecule has 1 aromatic rings. The predicted molar refractivity (Wildman–Crippen MR) is 83.4 cm³/mol. The minimum Gasteiger partial charge on any atom is -0.396 e. The van der Waals surface area contributed by atoms with Gasteiger partial charge in [-0.2, -0.15) is 0 Å². The van der Waals surface area contributed by atoms with Gasteiger partial charge in [0.15, 0.2) is 0 Å². The number of nitrogen functional groups attached to an aromatic ring is 1. The molecule has 1 atom stereocenters. The lowest BCUT2D eigenvalue weighted by atomic mass is 10.1. The number of nitrogens with zero attached hydrogens (tertiary/aromatic N) is 1. The summed E-state index contributed by atoms with van der Waals surface area (Å²) in [6.45, 7) is 6.04. The maximum absolute atomic E-state index is 12.1. The molecule has 1 saturated heterocycles. The van der Waals surface area contributed by atoms with E-state index in [1.54, 1.807) is 12.1 Å². The molecule has 110 valence electrons. The normalized spacial score (nSPS) is 19.2. The van der Waals surface area contributed by atoms with Crippen LogP contribution in [-0.2, 0) is 0 Å². The third-order valence-electron chi connectivity index (χ3n) is 3.71. The summed E-state index contributed by atoms with van der Waals surface area (Å²) in [4.78, 5) is 14.5. The fourth-order valence-corrected chi connectivity index (χ4v) is 2.91. The summed E-state index contributed by atoms with van der Waals surface area (Å²) >= 11 is 11.9. The Balaban J connectivity index is 1.92. The lowest BCUT2D eigenvalue weighted by Gasteiger charge is -2.14. The first kappa shape index (κ1) is 15.4. The highest BCUT2D eigenvalue weighted by atomic mass is 35.5. The Morgan fingerprint density at radius 3 is 2.65 bits per heavy atom. The fourth-order valence-electron chi connectivity index (χ4n) is 2.42. The molecule has 0 aromatic heterocycles. The van der Waals surface area contributed by atoms with Crippen molar-refractivity contribution in [1.29, 1.82) is 0 Å². The van der Waals surface area contributed by atoms with Gasteiger partial charge in [-0.1, -0.05) is 30.1 Å². The Morgan fingerprint density at radius 1 is 1.45 bits per heavy atom. The summed E-state index contributed by atoms with van der Waals surface area (Å²) in [5, 5.41) is 3.55. The Labute approximate surface area is 129 Å². The number of amides is 1. The van der Waals surface area contributed by atoms with Gasteiger partial charge in [-0.05, 0) is 37.6 Å². The molecule has 4 nitrogen and oxygen atoms in total. The molecule has 1 aliphatic heterocycles. The maximum Gasteiger partial charge on any atom is 0.251 e. The van der Waals surface area contributed by atoms with Gasteiger partial charge in [0, 0.05) is 18.7 Å². The molecule has 2 rings (SSSR count). The van der Waals surface area contributed by atoms with Gasteiger partial charge in [0.25, 0.3) is 5.91 Å². The second kappa shape index (κ2) is 6.66. The first-order valence-electron chi connectivity index (χ1n) is 6.76. The maximum atomic E-state index is 12.1. The molecule has 1 fully saturated rings. The average molecular weight is 316 g/mol. The number of hydrogen-bond donors (Lipinski definition) is 2. The monoisotopic (exact) mass is 315 g/mol. The van der Waals surface area contributed by atoms with Crippen LogP contribution >= 0.6 is 23.2 Å². The molecule has 3 N–H and O–H groups in total. The third-order valence-corrected chi connectivity index (χ3v) is 4.34. The van der Waals surface area contributed by atoms with E-state index in [0.717, 1.165) is 26.1 Å². The van der Waals surface area contributed by atoms with Crippen LogP contribution in [0.3, 0.4) is 0 Å².